The Kier molecular flexibility index (Phi) is 6.31. The number of nitrogens with two attached hydrogens (primary N) is 1. The molecule has 0 amide bonds. The fourth-order valence-electron chi connectivity index (χ4n) is 1.85. The Morgan fingerprint density at radius 2 is 1.73 bits per heavy atom. The number of alkyl halides is 3. The van der Waals surface area contributed by atoms with Gasteiger partial charge in [-0.25, -0.2) is 9.98 Å². The third-order valence-corrected chi connectivity index (χ3v) is 3.02. The molecule has 2 aromatic rings. The molecule has 2 aromatic carbocycles. The lowest BCUT2D eigenvalue weighted by Crippen LogP contribution is -2.16. The number of hydrogen-bond acceptors (Lipinski definition) is 4. The van der Waals surface area contributed by atoms with Gasteiger partial charge in [-0.1, -0.05) is 24.3 Å². The van der Waals surface area contributed by atoms with Crippen molar-refractivity contribution >= 4 is 24.1 Å². The first kappa shape index (κ1) is 19.0. The van der Waals surface area contributed by atoms with Crippen LogP contribution in [0.5, 0.6) is 5.75 Å². The van der Waals surface area contributed by atoms with Gasteiger partial charge in [0, 0.05) is 12.6 Å². The highest BCUT2D eigenvalue weighted by molar-refractivity contribution is 6.01. The zero-order valence-corrected chi connectivity index (χ0v) is 13.7. The maximum absolute atomic E-state index is 12.1. The van der Waals surface area contributed by atoms with Crippen LogP contribution in [0.1, 0.15) is 11.1 Å². The largest absolute Gasteiger partial charge is 0.573 e. The predicted molar refractivity (Wildman–Crippen MR) is 95.1 cm³/mol. The molecule has 0 aromatic heterocycles. The minimum Gasteiger partial charge on any atom is -0.406 e. The molecule has 0 fully saturated rings. The lowest BCUT2D eigenvalue weighted by Gasteiger charge is -2.08. The molecule has 0 aliphatic carbocycles. The number of hydrogen-bond donors (Lipinski definition) is 2. The van der Waals surface area contributed by atoms with Gasteiger partial charge >= 0.3 is 6.36 Å². The number of benzene rings is 2. The van der Waals surface area contributed by atoms with E-state index < -0.39 is 6.36 Å². The minimum atomic E-state index is -4.72. The maximum Gasteiger partial charge on any atom is 0.573 e. The highest BCUT2D eigenvalue weighted by Gasteiger charge is 2.30. The summed E-state index contributed by atoms with van der Waals surface area (Å²) in [5, 5.41) is 3.90. The van der Waals surface area contributed by atoms with Crippen LogP contribution in [0.2, 0.25) is 0 Å². The summed E-state index contributed by atoms with van der Waals surface area (Å²) >= 11 is 0. The van der Waals surface area contributed by atoms with Crippen LogP contribution in [-0.4, -0.2) is 31.8 Å². The normalized spacial score (nSPS) is 12.7. The van der Waals surface area contributed by atoms with Gasteiger partial charge in [-0.15, -0.1) is 13.2 Å². The van der Waals surface area contributed by atoms with Gasteiger partial charge in [-0.3, -0.25) is 0 Å². The highest BCUT2D eigenvalue weighted by atomic mass is 19.4. The van der Waals surface area contributed by atoms with E-state index in [1.165, 1.54) is 30.6 Å². The summed E-state index contributed by atoms with van der Waals surface area (Å²) in [4.78, 5) is 8.02. The summed E-state index contributed by atoms with van der Waals surface area (Å²) in [6.07, 6.45) is -1.84. The van der Waals surface area contributed by atoms with Crippen molar-refractivity contribution in [2.75, 3.05) is 7.05 Å². The molecule has 6 nitrogen and oxygen atoms in total. The Hall–Kier alpha value is -3.36. The van der Waals surface area contributed by atoms with Crippen molar-refractivity contribution in [3.63, 3.8) is 0 Å². The average Bonchev–Trinajstić information content (AvgIpc) is 2.60. The summed E-state index contributed by atoms with van der Waals surface area (Å²) in [7, 11) is 1.70. The summed E-state index contributed by atoms with van der Waals surface area (Å²) in [5.74, 6) is -0.0655. The summed E-state index contributed by atoms with van der Waals surface area (Å²) in [6, 6.07) is 12.3. The number of aliphatic imine (C=N–C) groups is 2. The first-order chi connectivity index (χ1) is 12.4. The van der Waals surface area contributed by atoms with Crippen LogP contribution in [0.25, 0.3) is 0 Å². The Labute approximate surface area is 147 Å². The van der Waals surface area contributed by atoms with E-state index in [1.54, 1.807) is 25.4 Å². The third kappa shape index (κ3) is 6.27. The van der Waals surface area contributed by atoms with Crippen molar-refractivity contribution in [1.29, 1.82) is 0 Å². The molecule has 3 N–H and O–H groups in total. The Morgan fingerprint density at radius 3 is 2.31 bits per heavy atom. The van der Waals surface area contributed by atoms with E-state index in [1.807, 2.05) is 12.1 Å². The number of amidine groups is 1. The van der Waals surface area contributed by atoms with Gasteiger partial charge in [0.15, 0.2) is 0 Å². The lowest BCUT2D eigenvalue weighted by molar-refractivity contribution is -0.274. The van der Waals surface area contributed by atoms with E-state index in [0.717, 1.165) is 5.56 Å². The van der Waals surface area contributed by atoms with Gasteiger partial charge in [-0.2, -0.15) is 5.10 Å². The van der Waals surface area contributed by atoms with Crippen molar-refractivity contribution in [3.8, 4) is 5.75 Å². The molecule has 0 spiro atoms. The smallest absolute Gasteiger partial charge is 0.406 e. The fraction of sp³-hybridized carbons (Fsp3) is 0.118. The second-order valence-electron chi connectivity index (χ2n) is 4.90. The van der Waals surface area contributed by atoms with Gasteiger partial charge in [-0.05, 0) is 29.8 Å². The van der Waals surface area contributed by atoms with E-state index in [9.17, 15) is 13.2 Å². The van der Waals surface area contributed by atoms with E-state index in [0.29, 0.717) is 11.3 Å². The molecule has 0 saturated carbocycles. The number of halogens is 3. The molecular formula is C17H16F3N5O. The second-order valence-corrected chi connectivity index (χ2v) is 4.90. The molecule has 136 valence electrons. The van der Waals surface area contributed by atoms with E-state index >= 15 is 0 Å². The molecule has 0 bridgehead atoms. The van der Waals surface area contributed by atoms with Gasteiger partial charge in [0.05, 0.1) is 11.9 Å². The summed E-state index contributed by atoms with van der Waals surface area (Å²) in [6.45, 7) is 0. The number of nitrogens with one attached hydrogen (secondary N) is 1. The Balaban J connectivity index is 2.00. The van der Waals surface area contributed by atoms with Crippen molar-refractivity contribution in [2.45, 2.75) is 6.36 Å². The quantitative estimate of drug-likeness (QED) is 0.470. The van der Waals surface area contributed by atoms with Crippen LogP contribution in [0, 0.1) is 0 Å². The van der Waals surface area contributed by atoms with Gasteiger partial charge in [0.25, 0.3) is 0 Å². The van der Waals surface area contributed by atoms with Crippen LogP contribution < -0.4 is 15.9 Å². The summed E-state index contributed by atoms with van der Waals surface area (Å²) in [5.41, 5.74) is 10.5. The van der Waals surface area contributed by atoms with Gasteiger partial charge < -0.3 is 15.9 Å². The number of hydrazone groups is 1. The number of nitrogens with zero attached hydrogens (tertiary/aromatic N) is 3. The molecule has 0 atom stereocenters. The van der Waals surface area contributed by atoms with Gasteiger partial charge in [0.1, 0.15) is 17.9 Å². The topological polar surface area (TPSA) is 84.4 Å². The van der Waals surface area contributed by atoms with Gasteiger partial charge in [0.2, 0.25) is 0 Å². The molecule has 0 aliphatic rings. The van der Waals surface area contributed by atoms with Crippen LogP contribution in [0.15, 0.2) is 63.6 Å². The molecule has 0 heterocycles. The average molecular weight is 363 g/mol. The first-order valence-electron chi connectivity index (χ1n) is 7.39. The van der Waals surface area contributed by atoms with Crippen molar-refractivity contribution in [1.82, 2.24) is 5.43 Å². The van der Waals surface area contributed by atoms with Crippen LogP contribution in [-0.2, 0) is 0 Å². The monoisotopic (exact) mass is 363 g/mol. The van der Waals surface area contributed by atoms with E-state index in [2.05, 4.69) is 25.2 Å². The van der Waals surface area contributed by atoms with Crippen LogP contribution >= 0.6 is 0 Å². The Morgan fingerprint density at radius 1 is 1.08 bits per heavy atom. The minimum absolute atomic E-state index is 0.253. The Bertz CT molecular complexity index is 797. The first-order valence-corrected chi connectivity index (χ1v) is 7.39. The van der Waals surface area contributed by atoms with Crippen molar-refractivity contribution in [3.05, 3.63) is 59.7 Å². The van der Waals surface area contributed by atoms with Crippen molar-refractivity contribution in [2.24, 2.45) is 20.8 Å². The molecular weight excluding hydrogens is 347 g/mol. The van der Waals surface area contributed by atoms with E-state index in [-0.39, 0.29) is 11.6 Å². The molecule has 26 heavy (non-hydrogen) atoms. The third-order valence-electron chi connectivity index (χ3n) is 3.02. The van der Waals surface area contributed by atoms with E-state index in [4.69, 9.17) is 5.73 Å². The van der Waals surface area contributed by atoms with Crippen molar-refractivity contribution < 1.29 is 17.9 Å². The zero-order chi connectivity index (χ0) is 19.0. The number of ether oxygens (including phenoxy) is 1. The van der Waals surface area contributed by atoms with Crippen LogP contribution in [0.3, 0.4) is 0 Å². The second kappa shape index (κ2) is 8.65. The molecule has 9 heteroatoms. The lowest BCUT2D eigenvalue weighted by atomic mass is 10.1. The molecule has 0 radical (unpaired) electrons. The SMILES string of the molecule is CN/N=C/c1ccc(C(N)=NC=Nc2ccc(OC(F)(F)F)cc2)cc1. The molecule has 0 aliphatic heterocycles. The fourth-order valence-corrected chi connectivity index (χ4v) is 1.85. The molecule has 0 unspecified atom stereocenters. The van der Waals surface area contributed by atoms with Crippen LogP contribution in [0.4, 0.5) is 18.9 Å². The summed E-state index contributed by atoms with van der Waals surface area (Å²) < 4.78 is 40.0. The maximum atomic E-state index is 12.1. The zero-order valence-electron chi connectivity index (χ0n) is 13.7. The number of rotatable bonds is 6. The predicted octanol–water partition coefficient (Wildman–Crippen LogP) is 3.20. The standard InChI is InChI=1S/C17H16F3N5O/c1-22-25-10-12-2-4-13(5-3-12)16(21)24-11-23-14-6-8-15(9-7-14)26-17(18,19)20/h2-11,22H,1H3,(H2,21,23,24)/b25-10+. The highest BCUT2D eigenvalue weighted by Crippen LogP contribution is 2.24. The molecule has 0 saturated heterocycles. The molecule has 2 rings (SSSR count).